The average molecular weight is 473 g/mol. The molecule has 2 aromatic carbocycles. The summed E-state index contributed by atoms with van der Waals surface area (Å²) in [5.41, 5.74) is 0.221. The predicted octanol–water partition coefficient (Wildman–Crippen LogP) is 4.34. The summed E-state index contributed by atoms with van der Waals surface area (Å²) in [4.78, 5) is 12.5. The van der Waals surface area contributed by atoms with Crippen LogP contribution in [0.3, 0.4) is 0 Å². The molecule has 0 spiro atoms. The van der Waals surface area contributed by atoms with Crippen LogP contribution in [0.15, 0.2) is 35.2 Å². The maximum absolute atomic E-state index is 12.9. The van der Waals surface area contributed by atoms with Crippen molar-refractivity contribution in [3.8, 4) is 11.5 Å². The first-order chi connectivity index (χ1) is 14.2. The summed E-state index contributed by atoms with van der Waals surface area (Å²) >= 11 is 12.3. The molecule has 1 atom stereocenters. The lowest BCUT2D eigenvalue weighted by Gasteiger charge is -2.16. The van der Waals surface area contributed by atoms with E-state index in [4.69, 9.17) is 32.7 Å². The molecule has 0 aliphatic heterocycles. The lowest BCUT2D eigenvalue weighted by atomic mass is 10.1. The third-order valence-electron chi connectivity index (χ3n) is 4.90. The molecule has 0 heterocycles. The predicted molar refractivity (Wildman–Crippen MR) is 116 cm³/mol. The van der Waals surface area contributed by atoms with Gasteiger partial charge < -0.3 is 14.8 Å². The number of sulfonamides is 1. The molecular formula is C20H22Cl2N2O5S. The highest BCUT2D eigenvalue weighted by Gasteiger charge is 2.30. The number of hydrogen-bond donors (Lipinski definition) is 2. The second-order valence-corrected chi connectivity index (χ2v) is 9.53. The van der Waals surface area contributed by atoms with Gasteiger partial charge in [0.1, 0.15) is 11.5 Å². The molecule has 0 radical (unpaired) electrons. The molecule has 1 amide bonds. The zero-order valence-corrected chi connectivity index (χ0v) is 19.0. The van der Waals surface area contributed by atoms with Crippen LogP contribution in [-0.4, -0.2) is 34.6 Å². The molecule has 162 valence electrons. The standard InChI is InChI=1S/C20H22Cl2N2O5S/c1-11(12-4-5-12)23-20(25)14-8-13(6-7-15(14)21)30(26,27)24-17-9-16(22)18(28-2)10-19(17)29-3/h6-12,24H,4-5H2,1-3H3,(H,23,25). The van der Waals surface area contributed by atoms with E-state index < -0.39 is 15.9 Å². The monoisotopic (exact) mass is 472 g/mol. The van der Waals surface area contributed by atoms with Crippen LogP contribution in [-0.2, 0) is 10.0 Å². The Bertz CT molecular complexity index is 1070. The summed E-state index contributed by atoms with van der Waals surface area (Å²) in [5, 5.41) is 3.25. The third kappa shape index (κ3) is 4.94. The third-order valence-corrected chi connectivity index (χ3v) is 6.89. The highest BCUT2D eigenvalue weighted by molar-refractivity contribution is 7.92. The van der Waals surface area contributed by atoms with E-state index in [2.05, 4.69) is 10.0 Å². The Kier molecular flexibility index (Phi) is 6.69. The molecule has 1 aliphatic carbocycles. The quantitative estimate of drug-likeness (QED) is 0.595. The van der Waals surface area contributed by atoms with Crippen LogP contribution in [0.2, 0.25) is 10.0 Å². The minimum absolute atomic E-state index is 0.00217. The Morgan fingerprint density at radius 3 is 2.33 bits per heavy atom. The van der Waals surface area contributed by atoms with E-state index in [0.717, 1.165) is 12.8 Å². The number of nitrogens with one attached hydrogen (secondary N) is 2. The highest BCUT2D eigenvalue weighted by Crippen LogP contribution is 2.37. The van der Waals surface area contributed by atoms with Crippen molar-refractivity contribution in [2.24, 2.45) is 5.92 Å². The summed E-state index contributed by atoms with van der Waals surface area (Å²) in [5.74, 6) is 0.604. The Morgan fingerprint density at radius 1 is 1.07 bits per heavy atom. The minimum atomic E-state index is -4.06. The number of halogens is 2. The molecular weight excluding hydrogens is 451 g/mol. The van der Waals surface area contributed by atoms with Gasteiger partial charge in [-0.15, -0.1) is 0 Å². The van der Waals surface area contributed by atoms with Gasteiger partial charge in [0.05, 0.1) is 40.4 Å². The van der Waals surface area contributed by atoms with Crippen LogP contribution in [0.5, 0.6) is 11.5 Å². The molecule has 2 N–H and O–H groups in total. The van der Waals surface area contributed by atoms with Gasteiger partial charge in [0.25, 0.3) is 15.9 Å². The zero-order valence-electron chi connectivity index (χ0n) is 16.7. The number of benzene rings is 2. The first-order valence-electron chi connectivity index (χ1n) is 9.21. The summed E-state index contributed by atoms with van der Waals surface area (Å²) in [6, 6.07) is 6.81. The second kappa shape index (κ2) is 8.91. The SMILES string of the molecule is COc1cc(OC)c(NS(=O)(=O)c2ccc(Cl)c(C(=O)NC(C)C3CC3)c2)cc1Cl. The van der Waals surface area contributed by atoms with Crippen LogP contribution in [0.1, 0.15) is 30.1 Å². The number of hydrogen-bond acceptors (Lipinski definition) is 5. The Hall–Kier alpha value is -2.16. The number of ether oxygens (including phenoxy) is 2. The van der Waals surface area contributed by atoms with Gasteiger partial charge >= 0.3 is 0 Å². The Labute approximate surface area is 185 Å². The fourth-order valence-corrected chi connectivity index (χ4v) is 4.52. The molecule has 1 unspecified atom stereocenters. The van der Waals surface area contributed by atoms with E-state index >= 15 is 0 Å². The fourth-order valence-electron chi connectivity index (χ4n) is 2.99. The van der Waals surface area contributed by atoms with Gasteiger partial charge in [0, 0.05) is 12.1 Å². The average Bonchev–Trinajstić information content (AvgIpc) is 3.53. The van der Waals surface area contributed by atoms with Crippen molar-refractivity contribution in [2.45, 2.75) is 30.7 Å². The van der Waals surface area contributed by atoms with Gasteiger partial charge in [-0.3, -0.25) is 9.52 Å². The molecule has 10 heteroatoms. The Balaban J connectivity index is 1.89. The molecule has 2 aromatic rings. The molecule has 1 saturated carbocycles. The number of rotatable bonds is 8. The summed E-state index contributed by atoms with van der Waals surface area (Å²) in [6.45, 7) is 1.92. The number of anilines is 1. The number of carbonyl (C=O) groups excluding carboxylic acids is 1. The summed E-state index contributed by atoms with van der Waals surface area (Å²) < 4.78 is 38.7. The summed E-state index contributed by atoms with van der Waals surface area (Å²) in [7, 11) is -1.22. The van der Waals surface area contributed by atoms with Crippen LogP contribution < -0.4 is 19.5 Å². The van der Waals surface area contributed by atoms with Crippen molar-refractivity contribution < 1.29 is 22.7 Å². The second-order valence-electron chi connectivity index (χ2n) is 7.03. The number of methoxy groups -OCH3 is 2. The lowest BCUT2D eigenvalue weighted by molar-refractivity contribution is 0.0936. The van der Waals surface area contributed by atoms with E-state index in [-0.39, 0.29) is 38.0 Å². The van der Waals surface area contributed by atoms with Crippen molar-refractivity contribution in [1.29, 1.82) is 0 Å². The molecule has 0 bridgehead atoms. The van der Waals surface area contributed by atoms with E-state index in [1.54, 1.807) is 0 Å². The van der Waals surface area contributed by atoms with Crippen LogP contribution in [0.25, 0.3) is 0 Å². The fraction of sp³-hybridized carbons (Fsp3) is 0.350. The molecule has 0 saturated heterocycles. The van der Waals surface area contributed by atoms with Crippen LogP contribution in [0, 0.1) is 5.92 Å². The number of amides is 1. The molecule has 7 nitrogen and oxygen atoms in total. The van der Waals surface area contributed by atoms with E-state index in [1.165, 1.54) is 44.6 Å². The van der Waals surface area contributed by atoms with Crippen molar-refractivity contribution in [1.82, 2.24) is 5.32 Å². The van der Waals surface area contributed by atoms with Crippen molar-refractivity contribution in [3.05, 3.63) is 45.9 Å². The van der Waals surface area contributed by atoms with Crippen LogP contribution in [0.4, 0.5) is 5.69 Å². The molecule has 30 heavy (non-hydrogen) atoms. The highest BCUT2D eigenvalue weighted by atomic mass is 35.5. The van der Waals surface area contributed by atoms with Crippen molar-refractivity contribution >= 4 is 44.8 Å². The van der Waals surface area contributed by atoms with Crippen molar-refractivity contribution in [2.75, 3.05) is 18.9 Å². The van der Waals surface area contributed by atoms with E-state index in [1.807, 2.05) is 6.92 Å². The zero-order chi connectivity index (χ0) is 22.1. The molecule has 3 rings (SSSR count). The normalized spacial score (nSPS) is 14.7. The largest absolute Gasteiger partial charge is 0.495 e. The molecule has 1 fully saturated rings. The van der Waals surface area contributed by atoms with E-state index in [0.29, 0.717) is 11.7 Å². The van der Waals surface area contributed by atoms with Crippen LogP contribution >= 0.6 is 23.2 Å². The molecule has 1 aliphatic rings. The van der Waals surface area contributed by atoms with Gasteiger partial charge in [-0.2, -0.15) is 0 Å². The lowest BCUT2D eigenvalue weighted by Crippen LogP contribution is -2.34. The van der Waals surface area contributed by atoms with Gasteiger partial charge in [0.15, 0.2) is 0 Å². The Morgan fingerprint density at radius 2 is 1.73 bits per heavy atom. The van der Waals surface area contributed by atoms with Gasteiger partial charge in [0.2, 0.25) is 0 Å². The number of carbonyl (C=O) groups is 1. The van der Waals surface area contributed by atoms with Gasteiger partial charge in [-0.25, -0.2) is 8.42 Å². The van der Waals surface area contributed by atoms with Crippen molar-refractivity contribution in [3.63, 3.8) is 0 Å². The first-order valence-corrected chi connectivity index (χ1v) is 11.4. The summed E-state index contributed by atoms with van der Waals surface area (Å²) in [6.07, 6.45) is 2.14. The van der Waals surface area contributed by atoms with E-state index in [9.17, 15) is 13.2 Å². The van der Waals surface area contributed by atoms with Gasteiger partial charge in [-0.05, 0) is 49.9 Å². The topological polar surface area (TPSA) is 93.7 Å². The maximum Gasteiger partial charge on any atom is 0.262 e. The van der Waals surface area contributed by atoms with Gasteiger partial charge in [-0.1, -0.05) is 23.2 Å². The smallest absolute Gasteiger partial charge is 0.262 e. The molecule has 0 aromatic heterocycles. The minimum Gasteiger partial charge on any atom is -0.495 e. The maximum atomic E-state index is 12.9. The first kappa shape index (κ1) is 22.5.